The first-order valence-corrected chi connectivity index (χ1v) is 11.1. The third-order valence-corrected chi connectivity index (χ3v) is 6.20. The van der Waals surface area contributed by atoms with E-state index in [0.29, 0.717) is 27.8 Å². The highest BCUT2D eigenvalue weighted by Gasteiger charge is 2.35. The average Bonchev–Trinajstić information content (AvgIpc) is 3.02. The number of rotatable bonds is 6. The summed E-state index contributed by atoms with van der Waals surface area (Å²) in [6, 6.07) is 18.5. The summed E-state index contributed by atoms with van der Waals surface area (Å²) in [6.45, 7) is 0.348. The molecule has 1 saturated heterocycles. The molecule has 1 fully saturated rings. The molecule has 0 radical (unpaired) electrons. The Hall–Kier alpha value is -2.80. The molecular weight excluding hydrogens is 472 g/mol. The fourth-order valence-corrected chi connectivity index (χ4v) is 4.24. The van der Waals surface area contributed by atoms with Crippen LogP contribution in [0.4, 0.5) is 9.18 Å². The average molecular weight is 488 g/mol. The van der Waals surface area contributed by atoms with Crippen LogP contribution >= 0.6 is 35.0 Å². The highest BCUT2D eigenvalue weighted by atomic mass is 35.5. The number of hydrogen-bond acceptors (Lipinski definition) is 4. The van der Waals surface area contributed by atoms with Gasteiger partial charge in [-0.1, -0.05) is 53.5 Å². The lowest BCUT2D eigenvalue weighted by atomic mass is 10.2. The van der Waals surface area contributed by atoms with Crippen LogP contribution in [-0.4, -0.2) is 16.0 Å². The maximum Gasteiger partial charge on any atom is 0.293 e. The highest BCUT2D eigenvalue weighted by Crippen LogP contribution is 2.34. The van der Waals surface area contributed by atoms with E-state index in [1.165, 1.54) is 12.1 Å². The molecule has 1 aliphatic heterocycles. The Morgan fingerprint density at radius 3 is 2.53 bits per heavy atom. The molecule has 8 heteroatoms. The fraction of sp³-hybridized carbons (Fsp3) is 0.0833. The van der Waals surface area contributed by atoms with Crippen molar-refractivity contribution in [1.82, 2.24) is 4.90 Å². The Morgan fingerprint density at radius 2 is 1.78 bits per heavy atom. The lowest BCUT2D eigenvalue weighted by Crippen LogP contribution is -2.27. The Bertz CT molecular complexity index is 1210. The number of carbonyl (C=O) groups excluding carboxylic acids is 2. The van der Waals surface area contributed by atoms with Crippen molar-refractivity contribution in [3.63, 3.8) is 0 Å². The second-order valence-electron chi connectivity index (χ2n) is 6.99. The van der Waals surface area contributed by atoms with E-state index in [0.717, 1.165) is 33.9 Å². The van der Waals surface area contributed by atoms with Crippen molar-refractivity contribution in [1.29, 1.82) is 0 Å². The molecule has 0 atom stereocenters. The molecule has 0 aliphatic carbocycles. The van der Waals surface area contributed by atoms with Crippen molar-refractivity contribution in [2.24, 2.45) is 0 Å². The molecule has 0 aromatic heterocycles. The lowest BCUT2D eigenvalue weighted by molar-refractivity contribution is -0.123. The smallest absolute Gasteiger partial charge is 0.293 e. The molecule has 3 aromatic carbocycles. The van der Waals surface area contributed by atoms with Crippen molar-refractivity contribution in [2.75, 3.05) is 0 Å². The molecule has 2 amide bonds. The summed E-state index contributed by atoms with van der Waals surface area (Å²) in [5.74, 6) is -0.273. The zero-order valence-corrected chi connectivity index (χ0v) is 18.9. The van der Waals surface area contributed by atoms with E-state index in [1.807, 2.05) is 30.3 Å². The van der Waals surface area contributed by atoms with E-state index in [-0.39, 0.29) is 11.6 Å². The fourth-order valence-electron chi connectivity index (χ4n) is 3.05. The normalized spacial score (nSPS) is 15.0. The third-order valence-electron chi connectivity index (χ3n) is 4.69. The first-order chi connectivity index (χ1) is 15.4. The Morgan fingerprint density at radius 1 is 1.00 bits per heavy atom. The van der Waals surface area contributed by atoms with Gasteiger partial charge in [-0.15, -0.1) is 0 Å². The number of carbonyl (C=O) groups is 2. The van der Waals surface area contributed by atoms with Crippen LogP contribution in [0.5, 0.6) is 5.75 Å². The molecule has 0 saturated carbocycles. The van der Waals surface area contributed by atoms with Crippen LogP contribution in [0.1, 0.15) is 16.7 Å². The van der Waals surface area contributed by atoms with Crippen molar-refractivity contribution in [3.05, 3.63) is 104 Å². The predicted octanol–water partition coefficient (Wildman–Crippen LogP) is 6.95. The quantitative estimate of drug-likeness (QED) is 0.353. The number of ether oxygens (including phenoxy) is 1. The third kappa shape index (κ3) is 5.33. The van der Waals surface area contributed by atoms with Crippen LogP contribution in [0.3, 0.4) is 0 Å². The van der Waals surface area contributed by atoms with Crippen molar-refractivity contribution >= 4 is 52.2 Å². The molecule has 0 bridgehead atoms. The number of nitrogens with zero attached hydrogens (tertiary/aromatic N) is 1. The summed E-state index contributed by atoms with van der Waals surface area (Å²) in [5, 5.41) is 0.418. The molecule has 162 valence electrons. The molecule has 4 nitrogen and oxygen atoms in total. The van der Waals surface area contributed by atoms with E-state index in [1.54, 1.807) is 24.3 Å². The zero-order valence-electron chi connectivity index (χ0n) is 16.6. The first-order valence-electron chi connectivity index (χ1n) is 9.55. The number of imide groups is 1. The highest BCUT2D eigenvalue weighted by molar-refractivity contribution is 8.18. The summed E-state index contributed by atoms with van der Waals surface area (Å²) in [7, 11) is 0. The Kier molecular flexibility index (Phi) is 6.84. The first kappa shape index (κ1) is 22.4. The second-order valence-corrected chi connectivity index (χ2v) is 8.83. The SMILES string of the molecule is O=C1S/C(=C/c2cccc(OCc3ccc(Cl)cc3)c2)C(=O)N1Cc1ccc(F)cc1Cl. The number of hydrogen-bond donors (Lipinski definition) is 0. The summed E-state index contributed by atoms with van der Waals surface area (Å²) >= 11 is 12.8. The van der Waals surface area contributed by atoms with Gasteiger partial charge in [-0.05, 0) is 70.9 Å². The minimum absolute atomic E-state index is 0.0225. The minimum atomic E-state index is -0.481. The van der Waals surface area contributed by atoms with Crippen LogP contribution in [-0.2, 0) is 17.9 Å². The van der Waals surface area contributed by atoms with Gasteiger partial charge in [-0.25, -0.2) is 4.39 Å². The topological polar surface area (TPSA) is 46.6 Å². The van der Waals surface area contributed by atoms with Crippen LogP contribution in [0.2, 0.25) is 10.0 Å². The van der Waals surface area contributed by atoms with E-state index >= 15 is 0 Å². The van der Waals surface area contributed by atoms with Gasteiger partial charge in [0.15, 0.2) is 0 Å². The van der Waals surface area contributed by atoms with Gasteiger partial charge < -0.3 is 4.74 Å². The molecule has 1 aliphatic rings. The number of halogens is 3. The molecule has 4 rings (SSSR count). The number of benzene rings is 3. The Labute approximate surface area is 198 Å². The van der Waals surface area contributed by atoms with Gasteiger partial charge in [-0.2, -0.15) is 0 Å². The van der Waals surface area contributed by atoms with Gasteiger partial charge in [0.1, 0.15) is 18.2 Å². The van der Waals surface area contributed by atoms with Crippen LogP contribution in [0.15, 0.2) is 71.6 Å². The van der Waals surface area contributed by atoms with E-state index in [4.69, 9.17) is 27.9 Å². The van der Waals surface area contributed by atoms with Crippen molar-refractivity contribution < 1.29 is 18.7 Å². The summed E-state index contributed by atoms with van der Waals surface area (Å²) in [5.41, 5.74) is 2.19. The molecule has 0 spiro atoms. The summed E-state index contributed by atoms with van der Waals surface area (Å²) in [6.07, 6.45) is 1.65. The largest absolute Gasteiger partial charge is 0.489 e. The zero-order chi connectivity index (χ0) is 22.7. The van der Waals surface area contributed by atoms with Crippen molar-refractivity contribution in [2.45, 2.75) is 13.2 Å². The molecule has 0 N–H and O–H groups in total. The van der Waals surface area contributed by atoms with Gasteiger partial charge in [0, 0.05) is 10.0 Å². The molecule has 1 heterocycles. The summed E-state index contributed by atoms with van der Waals surface area (Å²) in [4.78, 5) is 26.6. The number of thioether (sulfide) groups is 1. The van der Waals surface area contributed by atoms with Gasteiger partial charge in [-0.3, -0.25) is 14.5 Å². The van der Waals surface area contributed by atoms with Crippen LogP contribution < -0.4 is 4.74 Å². The molecule has 32 heavy (non-hydrogen) atoms. The monoisotopic (exact) mass is 487 g/mol. The summed E-state index contributed by atoms with van der Waals surface area (Å²) < 4.78 is 19.1. The van der Waals surface area contributed by atoms with Crippen LogP contribution in [0, 0.1) is 5.82 Å². The van der Waals surface area contributed by atoms with E-state index in [2.05, 4.69) is 0 Å². The van der Waals surface area contributed by atoms with Gasteiger partial charge >= 0.3 is 0 Å². The number of amides is 2. The van der Waals surface area contributed by atoms with Crippen LogP contribution in [0.25, 0.3) is 6.08 Å². The van der Waals surface area contributed by atoms with E-state index < -0.39 is 17.0 Å². The second kappa shape index (κ2) is 9.77. The van der Waals surface area contributed by atoms with Gasteiger partial charge in [0.05, 0.1) is 11.4 Å². The molecule has 0 unspecified atom stereocenters. The maximum atomic E-state index is 13.3. The predicted molar refractivity (Wildman–Crippen MR) is 125 cm³/mol. The maximum absolute atomic E-state index is 13.3. The van der Waals surface area contributed by atoms with Gasteiger partial charge in [0.25, 0.3) is 11.1 Å². The van der Waals surface area contributed by atoms with E-state index in [9.17, 15) is 14.0 Å². The molecular formula is C24H16Cl2FNO3S. The van der Waals surface area contributed by atoms with Gasteiger partial charge in [0.2, 0.25) is 0 Å². The lowest BCUT2D eigenvalue weighted by Gasteiger charge is -2.13. The minimum Gasteiger partial charge on any atom is -0.489 e. The standard InChI is InChI=1S/C24H16Cl2FNO3S/c25-18-7-4-15(5-8-18)14-31-20-3-1-2-16(10-20)11-22-23(29)28(24(30)32-22)13-17-6-9-19(27)12-21(17)26/h1-12H,13-14H2/b22-11+. The van der Waals surface area contributed by atoms with Crippen molar-refractivity contribution in [3.8, 4) is 5.75 Å². The molecule has 3 aromatic rings. The Balaban J connectivity index is 1.46.